The molecule has 0 aromatic carbocycles. The van der Waals surface area contributed by atoms with E-state index in [1.165, 1.54) is 16.7 Å². The van der Waals surface area contributed by atoms with Crippen LogP contribution in [0.1, 0.15) is 150 Å². The van der Waals surface area contributed by atoms with E-state index in [0.717, 1.165) is 70.2 Å². The van der Waals surface area contributed by atoms with Gasteiger partial charge in [-0.3, -0.25) is 9.59 Å². The summed E-state index contributed by atoms with van der Waals surface area (Å²) < 4.78 is 0. The molecule has 2 aliphatic heterocycles. The summed E-state index contributed by atoms with van der Waals surface area (Å²) in [5.74, 6) is -1.83. The molecular formula is C49H58FeN4O5. The van der Waals surface area contributed by atoms with Crippen LogP contribution in [0.4, 0.5) is 0 Å². The van der Waals surface area contributed by atoms with Gasteiger partial charge in [0.15, 0.2) is 0 Å². The van der Waals surface area contributed by atoms with Crippen molar-refractivity contribution in [1.82, 2.24) is 19.9 Å². The predicted octanol–water partition coefficient (Wildman–Crippen LogP) is 11.3. The molecule has 1 atom stereocenters. The number of aliphatic hydroxyl groups excluding tert-OH is 1. The van der Waals surface area contributed by atoms with Crippen LogP contribution in [0.3, 0.4) is 0 Å². The minimum Gasteiger partial charge on any atom is -0.657 e. The number of hydrogen-bond donors (Lipinski definition) is 3. The first-order chi connectivity index (χ1) is 27.6. The van der Waals surface area contributed by atoms with Gasteiger partial charge in [-0.05, 0) is 129 Å². The molecule has 5 rings (SSSR count). The molecule has 8 bridgehead atoms. The van der Waals surface area contributed by atoms with Gasteiger partial charge in [0.25, 0.3) is 0 Å². The van der Waals surface area contributed by atoms with Crippen molar-refractivity contribution in [1.29, 1.82) is 0 Å². The molecule has 0 aliphatic carbocycles. The minimum absolute atomic E-state index is 0. The monoisotopic (exact) mass is 838 g/mol. The van der Waals surface area contributed by atoms with Crippen LogP contribution in [0.5, 0.6) is 0 Å². The summed E-state index contributed by atoms with van der Waals surface area (Å²) in [6.07, 6.45) is 13.6. The Morgan fingerprint density at radius 3 is 1.85 bits per heavy atom. The number of fused-ring (bicyclic) bond motifs is 8. The third-order valence-electron chi connectivity index (χ3n) is 11.2. The maximum atomic E-state index is 11.9. The van der Waals surface area contributed by atoms with Crippen LogP contribution < -0.4 is 9.97 Å². The molecule has 2 aliphatic rings. The van der Waals surface area contributed by atoms with E-state index in [4.69, 9.17) is 19.9 Å². The maximum absolute atomic E-state index is 11.9. The summed E-state index contributed by atoms with van der Waals surface area (Å²) >= 11 is 0. The minimum atomic E-state index is -0.915. The molecule has 0 fully saturated rings. The van der Waals surface area contributed by atoms with Crippen molar-refractivity contribution in [3.8, 4) is 0 Å². The van der Waals surface area contributed by atoms with E-state index >= 15 is 0 Å². The number of carbonyl (C=O) groups is 2. The van der Waals surface area contributed by atoms with Crippen molar-refractivity contribution in [2.75, 3.05) is 0 Å². The van der Waals surface area contributed by atoms with Crippen LogP contribution >= 0.6 is 0 Å². The Kier molecular flexibility index (Phi) is 16.4. The van der Waals surface area contributed by atoms with E-state index in [-0.39, 0.29) is 42.8 Å². The third-order valence-corrected chi connectivity index (χ3v) is 11.2. The Bertz CT molecular complexity index is 2430. The molecule has 312 valence electrons. The summed E-state index contributed by atoms with van der Waals surface area (Å²) in [7, 11) is 0. The number of carboxylic acid groups (broad SMARTS) is 2. The number of aryl methyl sites for hydroxylation is 3. The number of aromatic nitrogens is 4. The number of nitrogens with zero attached hydrogens (tertiary/aromatic N) is 4. The molecule has 5 heterocycles. The second-order valence-electron chi connectivity index (χ2n) is 15.9. The number of rotatable bonds is 17. The Morgan fingerprint density at radius 1 is 0.678 bits per heavy atom. The SMILES string of the molecule is C=CC1=C(C)c2cc3[n-]c(cc4nc(cc5[n-]c(cc1n2)c(C)c5CCC(=O)O)C(CCC(=O)O)=C4C)c(C)c3C(O)CCC=C(C)CCC=C(C)CCC=C(C)C.[Fe+2]. The summed E-state index contributed by atoms with van der Waals surface area (Å²) in [4.78, 5) is 43.6. The fraction of sp³-hybridized carbons (Fsp3) is 0.388. The van der Waals surface area contributed by atoms with Crippen LogP contribution in [0.25, 0.3) is 44.4 Å². The zero-order valence-corrected chi connectivity index (χ0v) is 36.9. The average molecular weight is 839 g/mol. The zero-order chi connectivity index (χ0) is 42.3. The second-order valence-corrected chi connectivity index (χ2v) is 15.9. The Labute approximate surface area is 359 Å². The van der Waals surface area contributed by atoms with Crippen LogP contribution in [-0.2, 0) is 33.1 Å². The van der Waals surface area contributed by atoms with Crippen molar-refractivity contribution >= 4 is 56.3 Å². The van der Waals surface area contributed by atoms with Gasteiger partial charge >= 0.3 is 29.0 Å². The van der Waals surface area contributed by atoms with Crippen molar-refractivity contribution in [3.05, 3.63) is 117 Å². The van der Waals surface area contributed by atoms with Gasteiger partial charge in [0.05, 0.1) is 28.9 Å². The van der Waals surface area contributed by atoms with Gasteiger partial charge in [-0.15, -0.1) is 22.1 Å². The van der Waals surface area contributed by atoms with Gasteiger partial charge in [0, 0.05) is 18.4 Å². The van der Waals surface area contributed by atoms with Crippen LogP contribution in [0.15, 0.2) is 71.9 Å². The van der Waals surface area contributed by atoms with Crippen molar-refractivity contribution in [3.63, 3.8) is 0 Å². The first kappa shape index (κ1) is 46.7. The van der Waals surface area contributed by atoms with Gasteiger partial charge in [0.1, 0.15) is 0 Å². The first-order valence-corrected chi connectivity index (χ1v) is 20.3. The van der Waals surface area contributed by atoms with Crippen molar-refractivity contribution < 1.29 is 42.0 Å². The summed E-state index contributed by atoms with van der Waals surface area (Å²) in [6, 6.07) is 7.58. The van der Waals surface area contributed by atoms with E-state index in [1.807, 2.05) is 52.0 Å². The van der Waals surface area contributed by atoms with Gasteiger partial charge in [0.2, 0.25) is 0 Å². The zero-order valence-electron chi connectivity index (χ0n) is 35.8. The second kappa shape index (κ2) is 20.8. The maximum Gasteiger partial charge on any atom is 2.00 e. The van der Waals surface area contributed by atoms with E-state index in [1.54, 1.807) is 6.08 Å². The van der Waals surface area contributed by atoms with Crippen LogP contribution in [-0.4, -0.2) is 37.2 Å². The summed E-state index contributed by atoms with van der Waals surface area (Å²) in [5, 5.41) is 31.1. The van der Waals surface area contributed by atoms with Crippen molar-refractivity contribution in [2.45, 2.75) is 126 Å². The molecule has 59 heavy (non-hydrogen) atoms. The fourth-order valence-electron chi connectivity index (χ4n) is 7.75. The van der Waals surface area contributed by atoms with Gasteiger partial charge in [-0.2, -0.15) is 0 Å². The normalized spacial score (nSPS) is 13.7. The molecule has 0 saturated heterocycles. The Hall–Kier alpha value is -5.02. The number of aliphatic carboxylic acids is 2. The molecule has 3 aromatic heterocycles. The Morgan fingerprint density at radius 2 is 1.20 bits per heavy atom. The summed E-state index contributed by atoms with van der Waals surface area (Å²) in [6.45, 7) is 20.5. The molecule has 0 saturated carbocycles. The van der Waals surface area contributed by atoms with E-state index in [2.05, 4.69) is 52.5 Å². The number of hydrogen-bond acceptors (Lipinski definition) is 5. The topological polar surface area (TPSA) is 149 Å². The van der Waals surface area contributed by atoms with Crippen LogP contribution in [0, 0.1) is 13.8 Å². The average Bonchev–Trinajstić information content (AvgIpc) is 3.82. The summed E-state index contributed by atoms with van der Waals surface area (Å²) in [5.41, 5.74) is 15.8. The molecule has 10 heteroatoms. The number of aliphatic hydroxyl groups is 1. The van der Waals surface area contributed by atoms with E-state index < -0.39 is 18.0 Å². The molecule has 3 N–H and O–H groups in total. The molecule has 0 spiro atoms. The number of allylic oxidation sites excluding steroid dienone is 11. The van der Waals surface area contributed by atoms with Crippen molar-refractivity contribution in [2.24, 2.45) is 0 Å². The van der Waals surface area contributed by atoms with Gasteiger partial charge in [-0.25, -0.2) is 9.97 Å². The molecular weight excluding hydrogens is 780 g/mol. The molecule has 0 amide bonds. The standard InChI is InChI=1S/C49H60N4O5.Fe/c1-10-35-31(6)40-26-45-49(46(54)19-13-18-30(5)17-12-16-29(4)15-11-14-28(2)3)34(9)41(53-45)24-38-32(7)36(20-22-47(55)56)43(51-38)27-44-37(21-23-48(57)58)33(8)39(52-44)25-42(35)50-40;/h10,14,16,18,24-27,46,54H,1,11-13,15,17,19-23H2,2-9H3,(H4,50,51,52,53,55,56,57,58);/q;+2/p-2. The molecule has 1 unspecified atom stereocenters. The number of carboxylic acids is 2. The first-order valence-electron chi connectivity index (χ1n) is 20.3. The molecule has 9 nitrogen and oxygen atoms in total. The van der Waals surface area contributed by atoms with Gasteiger partial charge < -0.3 is 25.3 Å². The molecule has 3 aromatic rings. The van der Waals surface area contributed by atoms with E-state index in [9.17, 15) is 24.9 Å². The fourth-order valence-corrected chi connectivity index (χ4v) is 7.75. The smallest absolute Gasteiger partial charge is 0.657 e. The predicted molar refractivity (Wildman–Crippen MR) is 236 cm³/mol. The molecule has 0 radical (unpaired) electrons. The Balaban J connectivity index is 0.00000769. The van der Waals surface area contributed by atoms with E-state index in [0.29, 0.717) is 57.7 Å². The quantitative estimate of drug-likeness (QED) is 0.0892. The third kappa shape index (κ3) is 11.6. The van der Waals surface area contributed by atoms with Gasteiger partial charge in [-0.1, -0.05) is 88.6 Å². The van der Waals surface area contributed by atoms with Crippen LogP contribution in [0.2, 0.25) is 0 Å². The largest absolute Gasteiger partial charge is 2.00 e.